The molecule has 1 fully saturated rings. The lowest BCUT2D eigenvalue weighted by Crippen LogP contribution is -2.37. The third kappa shape index (κ3) is 2.56. The summed E-state index contributed by atoms with van der Waals surface area (Å²) in [6.45, 7) is 4.41. The van der Waals surface area contributed by atoms with Crippen LogP contribution in [0.25, 0.3) is 0 Å². The predicted molar refractivity (Wildman–Crippen MR) is 80.4 cm³/mol. The van der Waals surface area contributed by atoms with Crippen LogP contribution in [0.4, 0.5) is 5.69 Å². The zero-order chi connectivity index (χ0) is 14.2. The molecule has 0 spiro atoms. The van der Waals surface area contributed by atoms with E-state index < -0.39 is 10.0 Å². The van der Waals surface area contributed by atoms with Gasteiger partial charge in [-0.25, -0.2) is 8.42 Å². The number of fused-ring (bicyclic) bond motifs is 1. The Balaban J connectivity index is 1.87. The quantitative estimate of drug-likeness (QED) is 0.911. The Hall–Kier alpha value is -1.07. The summed E-state index contributed by atoms with van der Waals surface area (Å²) in [4.78, 5) is 0.431. The molecule has 0 amide bonds. The van der Waals surface area contributed by atoms with Crippen molar-refractivity contribution in [1.29, 1.82) is 0 Å². The summed E-state index contributed by atoms with van der Waals surface area (Å²) >= 11 is 0. The molecule has 1 aromatic carbocycles. The molecular weight excluding hydrogens is 272 g/mol. The van der Waals surface area contributed by atoms with Gasteiger partial charge in [0.15, 0.2) is 0 Å². The molecule has 1 N–H and O–H groups in total. The summed E-state index contributed by atoms with van der Waals surface area (Å²) < 4.78 is 27.0. The molecule has 0 unspecified atom stereocenters. The van der Waals surface area contributed by atoms with Crippen LogP contribution in [0.5, 0.6) is 0 Å². The first-order chi connectivity index (χ1) is 9.57. The monoisotopic (exact) mass is 294 g/mol. The van der Waals surface area contributed by atoms with E-state index in [9.17, 15) is 8.42 Å². The highest BCUT2D eigenvalue weighted by atomic mass is 32.2. The van der Waals surface area contributed by atoms with Crippen molar-refractivity contribution in [1.82, 2.24) is 4.31 Å². The summed E-state index contributed by atoms with van der Waals surface area (Å²) in [5, 5.41) is 3.30. The number of benzene rings is 1. The lowest BCUT2D eigenvalue weighted by Gasteiger charge is -2.30. The van der Waals surface area contributed by atoms with E-state index in [1.165, 1.54) is 5.56 Å². The highest BCUT2D eigenvalue weighted by molar-refractivity contribution is 7.89. The van der Waals surface area contributed by atoms with Gasteiger partial charge in [0, 0.05) is 25.3 Å². The maximum atomic E-state index is 12.7. The second-order valence-electron chi connectivity index (χ2n) is 5.94. The number of aryl methyl sites for hydroxylation is 1. The zero-order valence-electron chi connectivity index (χ0n) is 11.9. The fourth-order valence-electron chi connectivity index (χ4n) is 2.97. The van der Waals surface area contributed by atoms with E-state index in [-0.39, 0.29) is 0 Å². The van der Waals surface area contributed by atoms with Gasteiger partial charge >= 0.3 is 0 Å². The summed E-state index contributed by atoms with van der Waals surface area (Å²) in [7, 11) is -3.33. The molecule has 0 aromatic heterocycles. The van der Waals surface area contributed by atoms with Crippen LogP contribution in [-0.2, 0) is 16.4 Å². The fraction of sp³-hybridized carbons (Fsp3) is 0.600. The van der Waals surface area contributed by atoms with Gasteiger partial charge < -0.3 is 5.32 Å². The minimum absolute atomic E-state index is 0.431. The minimum atomic E-state index is -3.33. The van der Waals surface area contributed by atoms with E-state index in [1.807, 2.05) is 12.1 Å². The van der Waals surface area contributed by atoms with E-state index in [0.717, 1.165) is 37.9 Å². The van der Waals surface area contributed by atoms with Crippen LogP contribution in [0.3, 0.4) is 0 Å². The van der Waals surface area contributed by atoms with Crippen molar-refractivity contribution in [3.05, 3.63) is 23.8 Å². The minimum Gasteiger partial charge on any atom is -0.385 e. The van der Waals surface area contributed by atoms with Gasteiger partial charge in [0.1, 0.15) is 0 Å². The number of nitrogens with zero attached hydrogens (tertiary/aromatic N) is 1. The van der Waals surface area contributed by atoms with E-state index in [2.05, 4.69) is 12.2 Å². The van der Waals surface area contributed by atoms with Crippen LogP contribution in [0.15, 0.2) is 23.1 Å². The van der Waals surface area contributed by atoms with Crippen LogP contribution < -0.4 is 5.32 Å². The maximum absolute atomic E-state index is 12.7. The number of hydrogen-bond acceptors (Lipinski definition) is 3. The van der Waals surface area contributed by atoms with Crippen molar-refractivity contribution in [2.45, 2.75) is 37.5 Å². The van der Waals surface area contributed by atoms with Crippen molar-refractivity contribution in [3.8, 4) is 0 Å². The van der Waals surface area contributed by atoms with Crippen molar-refractivity contribution < 1.29 is 8.42 Å². The zero-order valence-corrected chi connectivity index (χ0v) is 12.7. The summed E-state index contributed by atoms with van der Waals surface area (Å²) in [5.41, 5.74) is 2.21. The number of sulfonamides is 1. The molecule has 1 aromatic rings. The largest absolute Gasteiger partial charge is 0.385 e. The molecule has 20 heavy (non-hydrogen) atoms. The van der Waals surface area contributed by atoms with E-state index in [4.69, 9.17) is 0 Å². The van der Waals surface area contributed by atoms with Gasteiger partial charge in [-0.05, 0) is 49.3 Å². The fourth-order valence-corrected chi connectivity index (χ4v) is 4.47. The predicted octanol–water partition coefficient (Wildman–Crippen LogP) is 2.47. The highest BCUT2D eigenvalue weighted by Gasteiger charge is 2.28. The molecule has 3 rings (SSSR count). The van der Waals surface area contributed by atoms with Crippen LogP contribution in [0.2, 0.25) is 0 Å². The molecule has 2 heterocycles. The van der Waals surface area contributed by atoms with Crippen molar-refractivity contribution in [3.63, 3.8) is 0 Å². The first-order valence-electron chi connectivity index (χ1n) is 7.44. The third-order valence-corrected chi connectivity index (χ3v) is 6.29. The Morgan fingerprint density at radius 2 is 2.00 bits per heavy atom. The van der Waals surface area contributed by atoms with Gasteiger partial charge in [0.25, 0.3) is 0 Å². The normalized spacial score (nSPS) is 21.2. The van der Waals surface area contributed by atoms with Crippen LogP contribution in [-0.4, -0.2) is 32.4 Å². The summed E-state index contributed by atoms with van der Waals surface area (Å²) in [6.07, 6.45) is 4.07. The lowest BCUT2D eigenvalue weighted by molar-refractivity contribution is 0.288. The second-order valence-corrected chi connectivity index (χ2v) is 7.87. The Morgan fingerprint density at radius 3 is 2.75 bits per heavy atom. The van der Waals surface area contributed by atoms with Crippen molar-refractivity contribution >= 4 is 15.7 Å². The lowest BCUT2D eigenvalue weighted by atomic mass is 10.0. The van der Waals surface area contributed by atoms with Crippen molar-refractivity contribution in [2.75, 3.05) is 25.0 Å². The summed E-state index contributed by atoms with van der Waals surface area (Å²) in [6, 6.07) is 5.53. The maximum Gasteiger partial charge on any atom is 0.243 e. The van der Waals surface area contributed by atoms with Gasteiger partial charge in [-0.15, -0.1) is 0 Å². The molecule has 1 saturated heterocycles. The van der Waals surface area contributed by atoms with E-state index >= 15 is 0 Å². The number of piperidine rings is 1. The Labute approximate surface area is 121 Å². The molecule has 0 saturated carbocycles. The second kappa shape index (κ2) is 5.37. The first kappa shape index (κ1) is 13.9. The summed E-state index contributed by atoms with van der Waals surface area (Å²) in [5.74, 6) is 0.631. The molecule has 0 radical (unpaired) electrons. The van der Waals surface area contributed by atoms with Gasteiger partial charge in [0.05, 0.1) is 4.90 Å². The van der Waals surface area contributed by atoms with E-state index in [1.54, 1.807) is 10.4 Å². The number of anilines is 1. The molecule has 0 aliphatic carbocycles. The van der Waals surface area contributed by atoms with Gasteiger partial charge in [-0.3, -0.25) is 0 Å². The first-order valence-corrected chi connectivity index (χ1v) is 8.88. The van der Waals surface area contributed by atoms with Crippen molar-refractivity contribution in [2.24, 2.45) is 5.92 Å². The number of nitrogens with one attached hydrogen (secondary N) is 1. The topological polar surface area (TPSA) is 49.4 Å². The molecular formula is C15H22N2O2S. The molecule has 0 atom stereocenters. The Bertz CT molecular complexity index is 590. The van der Waals surface area contributed by atoms with Gasteiger partial charge in [0.2, 0.25) is 10.0 Å². The molecule has 2 aliphatic heterocycles. The van der Waals surface area contributed by atoms with Gasteiger partial charge in [-0.1, -0.05) is 13.0 Å². The number of hydrogen-bond donors (Lipinski definition) is 1. The smallest absolute Gasteiger partial charge is 0.243 e. The van der Waals surface area contributed by atoms with Gasteiger partial charge in [-0.2, -0.15) is 4.31 Å². The van der Waals surface area contributed by atoms with Crippen LogP contribution in [0, 0.1) is 5.92 Å². The SMILES string of the molecule is CC1CCN(S(=O)(=O)c2ccc3c(c2)NCCC3)CC1. The van der Waals surface area contributed by atoms with E-state index in [0.29, 0.717) is 23.9 Å². The Kier molecular flexibility index (Phi) is 3.73. The number of rotatable bonds is 2. The standard InChI is InChI=1S/C15H22N2O2S/c1-12-6-9-17(10-7-12)20(18,19)14-5-4-13-3-2-8-16-15(13)11-14/h4-5,11-12,16H,2-3,6-10H2,1H3. The Morgan fingerprint density at radius 1 is 1.25 bits per heavy atom. The highest BCUT2D eigenvalue weighted by Crippen LogP contribution is 2.28. The molecule has 2 aliphatic rings. The average Bonchev–Trinajstić information content (AvgIpc) is 2.47. The van der Waals surface area contributed by atoms with Crippen LogP contribution in [0.1, 0.15) is 31.7 Å². The van der Waals surface area contributed by atoms with Crippen LogP contribution >= 0.6 is 0 Å². The average molecular weight is 294 g/mol. The third-order valence-electron chi connectivity index (χ3n) is 4.40. The molecule has 0 bridgehead atoms. The molecule has 4 nitrogen and oxygen atoms in total. The molecule has 5 heteroatoms. The molecule has 110 valence electrons.